The van der Waals surface area contributed by atoms with Gasteiger partial charge in [-0.1, -0.05) is 72.3 Å². The first-order valence-electron chi connectivity index (χ1n) is 11.3. The van der Waals surface area contributed by atoms with Crippen molar-refractivity contribution in [1.82, 2.24) is 5.32 Å². The van der Waals surface area contributed by atoms with E-state index in [2.05, 4.69) is 5.32 Å². The molecule has 5 nitrogen and oxygen atoms in total. The third kappa shape index (κ3) is 5.28. The zero-order valence-corrected chi connectivity index (χ0v) is 20.8. The molecule has 4 aromatic carbocycles. The van der Waals surface area contributed by atoms with Crippen LogP contribution in [0.2, 0.25) is 0 Å². The number of sulfonamides is 1. The Morgan fingerprint density at radius 1 is 0.771 bits per heavy atom. The summed E-state index contributed by atoms with van der Waals surface area (Å²) in [4.78, 5) is 13.4. The van der Waals surface area contributed by atoms with Gasteiger partial charge >= 0.3 is 0 Å². The van der Waals surface area contributed by atoms with Crippen molar-refractivity contribution in [1.29, 1.82) is 0 Å². The number of rotatable bonds is 7. The highest BCUT2D eigenvalue weighted by atomic mass is 32.2. The van der Waals surface area contributed by atoms with E-state index in [4.69, 9.17) is 0 Å². The summed E-state index contributed by atoms with van der Waals surface area (Å²) in [5.41, 5.74) is 5.00. The molecule has 0 saturated heterocycles. The Labute approximate surface area is 207 Å². The topological polar surface area (TPSA) is 66.5 Å². The van der Waals surface area contributed by atoms with Gasteiger partial charge in [0.25, 0.3) is 15.9 Å². The van der Waals surface area contributed by atoms with E-state index in [0.29, 0.717) is 11.3 Å². The molecule has 0 aliphatic carbocycles. The molecule has 4 rings (SSSR count). The van der Waals surface area contributed by atoms with E-state index < -0.39 is 10.0 Å². The number of carbonyl (C=O) groups is 1. The lowest BCUT2D eigenvalue weighted by Gasteiger charge is -2.22. The Kier molecular flexibility index (Phi) is 7.03. The van der Waals surface area contributed by atoms with Crippen LogP contribution in [-0.2, 0) is 10.0 Å². The second-order valence-electron chi connectivity index (χ2n) is 8.51. The predicted octanol–water partition coefficient (Wildman–Crippen LogP) is 5.65. The summed E-state index contributed by atoms with van der Waals surface area (Å²) in [6, 6.07) is 30.8. The third-order valence-electron chi connectivity index (χ3n) is 6.08. The number of benzene rings is 4. The van der Waals surface area contributed by atoms with E-state index in [-0.39, 0.29) is 16.8 Å². The first kappa shape index (κ1) is 24.2. The minimum Gasteiger partial charge on any atom is -0.341 e. The van der Waals surface area contributed by atoms with Gasteiger partial charge in [-0.05, 0) is 66.9 Å². The SMILES string of the molecule is Cc1ccc(S(=O)(=O)N(C)c2ccc(C(=O)N[C@@H](c3ccccc3)c3ccccc3C)cc2)cc1. The fourth-order valence-corrected chi connectivity index (χ4v) is 5.14. The highest BCUT2D eigenvalue weighted by Gasteiger charge is 2.22. The van der Waals surface area contributed by atoms with Gasteiger partial charge in [0.15, 0.2) is 0 Å². The normalized spacial score (nSPS) is 12.1. The third-order valence-corrected chi connectivity index (χ3v) is 7.88. The van der Waals surface area contributed by atoms with E-state index >= 15 is 0 Å². The van der Waals surface area contributed by atoms with Gasteiger partial charge in [-0.15, -0.1) is 0 Å². The number of hydrogen-bond acceptors (Lipinski definition) is 3. The van der Waals surface area contributed by atoms with Crippen LogP contribution in [0.15, 0.2) is 108 Å². The zero-order chi connectivity index (χ0) is 25.0. The first-order valence-corrected chi connectivity index (χ1v) is 12.8. The van der Waals surface area contributed by atoms with Crippen LogP contribution in [0.3, 0.4) is 0 Å². The molecule has 0 saturated carbocycles. The molecule has 4 aromatic rings. The minimum atomic E-state index is -3.70. The average molecular weight is 485 g/mol. The van der Waals surface area contributed by atoms with Crippen LogP contribution >= 0.6 is 0 Å². The number of nitrogens with one attached hydrogen (secondary N) is 1. The van der Waals surface area contributed by atoms with Crippen LogP contribution in [0.5, 0.6) is 0 Å². The summed E-state index contributed by atoms with van der Waals surface area (Å²) in [7, 11) is -2.20. The molecule has 0 radical (unpaired) electrons. The highest BCUT2D eigenvalue weighted by Crippen LogP contribution is 2.26. The van der Waals surface area contributed by atoms with Crippen LogP contribution in [0, 0.1) is 13.8 Å². The van der Waals surface area contributed by atoms with Gasteiger partial charge in [-0.25, -0.2) is 8.42 Å². The quantitative estimate of drug-likeness (QED) is 0.369. The lowest BCUT2D eigenvalue weighted by molar-refractivity contribution is 0.0943. The van der Waals surface area contributed by atoms with E-state index in [1.165, 1.54) is 11.4 Å². The Balaban J connectivity index is 1.57. The van der Waals surface area contributed by atoms with Crippen molar-refractivity contribution in [3.05, 3.63) is 131 Å². The first-order chi connectivity index (χ1) is 16.8. The van der Waals surface area contributed by atoms with Crippen molar-refractivity contribution < 1.29 is 13.2 Å². The van der Waals surface area contributed by atoms with Gasteiger partial charge in [0, 0.05) is 12.6 Å². The molecule has 0 fully saturated rings. The fraction of sp³-hybridized carbons (Fsp3) is 0.138. The molecule has 0 bridgehead atoms. The molecule has 0 unspecified atom stereocenters. The molecule has 1 N–H and O–H groups in total. The highest BCUT2D eigenvalue weighted by molar-refractivity contribution is 7.92. The number of amides is 1. The summed E-state index contributed by atoms with van der Waals surface area (Å²) in [5, 5.41) is 3.15. The molecule has 0 spiro atoms. The molecular formula is C29H28N2O3S. The van der Waals surface area contributed by atoms with Gasteiger partial charge in [0.05, 0.1) is 16.6 Å². The molecule has 1 atom stereocenters. The number of aryl methyl sites for hydroxylation is 2. The summed E-state index contributed by atoms with van der Waals surface area (Å²) in [6.45, 7) is 3.93. The van der Waals surface area contributed by atoms with Crippen LogP contribution in [-0.4, -0.2) is 21.4 Å². The molecule has 6 heteroatoms. The second-order valence-corrected chi connectivity index (χ2v) is 10.5. The largest absolute Gasteiger partial charge is 0.341 e. The minimum absolute atomic E-state index is 0.219. The lowest BCUT2D eigenvalue weighted by Crippen LogP contribution is -2.30. The second kappa shape index (κ2) is 10.2. The molecule has 0 aromatic heterocycles. The van der Waals surface area contributed by atoms with Crippen LogP contribution < -0.4 is 9.62 Å². The van der Waals surface area contributed by atoms with Crippen molar-refractivity contribution in [2.24, 2.45) is 0 Å². The summed E-state index contributed by atoms with van der Waals surface area (Å²) in [6.07, 6.45) is 0. The van der Waals surface area contributed by atoms with Crippen molar-refractivity contribution in [3.63, 3.8) is 0 Å². The maximum Gasteiger partial charge on any atom is 0.264 e. The van der Waals surface area contributed by atoms with Gasteiger partial charge < -0.3 is 5.32 Å². The molecule has 0 heterocycles. The Morgan fingerprint density at radius 2 is 1.37 bits per heavy atom. The molecular weight excluding hydrogens is 456 g/mol. The fourth-order valence-electron chi connectivity index (χ4n) is 3.94. The lowest BCUT2D eigenvalue weighted by atomic mass is 9.94. The van der Waals surface area contributed by atoms with E-state index in [9.17, 15) is 13.2 Å². The molecule has 0 aliphatic heterocycles. The van der Waals surface area contributed by atoms with Crippen LogP contribution in [0.25, 0.3) is 0 Å². The van der Waals surface area contributed by atoms with Crippen molar-refractivity contribution >= 4 is 21.6 Å². The Hall–Kier alpha value is -3.90. The van der Waals surface area contributed by atoms with E-state index in [0.717, 1.165) is 22.3 Å². The molecule has 0 aliphatic rings. The van der Waals surface area contributed by atoms with Gasteiger partial charge in [-0.3, -0.25) is 9.10 Å². The predicted molar refractivity (Wildman–Crippen MR) is 140 cm³/mol. The maximum atomic E-state index is 13.2. The van der Waals surface area contributed by atoms with Crippen molar-refractivity contribution in [2.75, 3.05) is 11.4 Å². The maximum absolute atomic E-state index is 13.2. The number of hydrogen-bond donors (Lipinski definition) is 1. The van der Waals surface area contributed by atoms with Gasteiger partial charge in [0.2, 0.25) is 0 Å². The monoisotopic (exact) mass is 484 g/mol. The summed E-state index contributed by atoms with van der Waals surface area (Å²) < 4.78 is 27.2. The Morgan fingerprint density at radius 3 is 2.00 bits per heavy atom. The smallest absolute Gasteiger partial charge is 0.264 e. The standard InChI is InChI=1S/C29H28N2O3S/c1-21-13-19-26(20-14-21)35(33,34)31(3)25-17-15-24(16-18-25)29(32)30-28(23-10-5-4-6-11-23)27-12-8-7-9-22(27)2/h4-20,28H,1-3H3,(H,30,32)/t28-/m0/s1. The van der Waals surface area contributed by atoms with Crippen LogP contribution in [0.1, 0.15) is 38.7 Å². The van der Waals surface area contributed by atoms with Gasteiger partial charge in [-0.2, -0.15) is 0 Å². The number of nitrogens with zero attached hydrogens (tertiary/aromatic N) is 1. The molecule has 178 valence electrons. The summed E-state index contributed by atoms with van der Waals surface area (Å²) in [5.74, 6) is -0.238. The van der Waals surface area contributed by atoms with Crippen molar-refractivity contribution in [3.8, 4) is 0 Å². The summed E-state index contributed by atoms with van der Waals surface area (Å²) >= 11 is 0. The molecule has 1 amide bonds. The number of carbonyl (C=O) groups excluding carboxylic acids is 1. The zero-order valence-electron chi connectivity index (χ0n) is 20.0. The Bertz CT molecular complexity index is 1420. The van der Waals surface area contributed by atoms with E-state index in [1.54, 1.807) is 48.5 Å². The van der Waals surface area contributed by atoms with Crippen LogP contribution in [0.4, 0.5) is 5.69 Å². The number of anilines is 1. The molecule has 35 heavy (non-hydrogen) atoms. The van der Waals surface area contributed by atoms with E-state index in [1.807, 2.05) is 68.4 Å². The van der Waals surface area contributed by atoms with Crippen molar-refractivity contribution in [2.45, 2.75) is 24.8 Å². The van der Waals surface area contributed by atoms with Gasteiger partial charge in [0.1, 0.15) is 0 Å². The average Bonchev–Trinajstić information content (AvgIpc) is 2.88.